The number of nitrogens with one attached hydrogen (secondary N) is 1. The van der Waals surface area contributed by atoms with Gasteiger partial charge in [-0.3, -0.25) is 9.69 Å². The summed E-state index contributed by atoms with van der Waals surface area (Å²) < 4.78 is 33.8. The summed E-state index contributed by atoms with van der Waals surface area (Å²) in [4.78, 5) is 14.5. The molecule has 26 heavy (non-hydrogen) atoms. The molecular weight excluding hydrogens is 356 g/mol. The van der Waals surface area contributed by atoms with E-state index in [2.05, 4.69) is 10.2 Å². The highest BCUT2D eigenvalue weighted by molar-refractivity contribution is 7.91. The van der Waals surface area contributed by atoms with Crippen molar-refractivity contribution in [3.8, 4) is 11.5 Å². The molecule has 7 nitrogen and oxygen atoms in total. The van der Waals surface area contributed by atoms with Gasteiger partial charge < -0.3 is 14.8 Å². The SMILES string of the molecule is COc1ccc(C2CCCN2CC(=O)NC2CCS(=O)(=O)C2)c(OC)c1. The minimum Gasteiger partial charge on any atom is -0.497 e. The van der Waals surface area contributed by atoms with Gasteiger partial charge in [0.05, 0.1) is 32.3 Å². The molecule has 2 unspecified atom stereocenters. The van der Waals surface area contributed by atoms with Gasteiger partial charge in [0, 0.05) is 23.7 Å². The van der Waals surface area contributed by atoms with E-state index in [1.54, 1.807) is 14.2 Å². The summed E-state index contributed by atoms with van der Waals surface area (Å²) in [6.45, 7) is 1.09. The smallest absolute Gasteiger partial charge is 0.234 e. The molecule has 0 aromatic heterocycles. The van der Waals surface area contributed by atoms with Gasteiger partial charge >= 0.3 is 0 Å². The van der Waals surface area contributed by atoms with Crippen molar-refractivity contribution in [2.45, 2.75) is 31.3 Å². The second-order valence-electron chi connectivity index (χ2n) is 6.90. The van der Waals surface area contributed by atoms with Crippen molar-refractivity contribution in [3.63, 3.8) is 0 Å². The van der Waals surface area contributed by atoms with Crippen molar-refractivity contribution in [2.75, 3.05) is 38.8 Å². The van der Waals surface area contributed by atoms with Gasteiger partial charge in [0.2, 0.25) is 5.91 Å². The molecule has 0 bridgehead atoms. The van der Waals surface area contributed by atoms with Crippen LogP contribution in [0.5, 0.6) is 11.5 Å². The molecule has 2 aliphatic rings. The zero-order valence-electron chi connectivity index (χ0n) is 15.2. The van der Waals surface area contributed by atoms with Crippen molar-refractivity contribution in [1.29, 1.82) is 0 Å². The number of likely N-dealkylation sites (tertiary alicyclic amines) is 1. The highest BCUT2D eigenvalue weighted by atomic mass is 32.2. The largest absolute Gasteiger partial charge is 0.497 e. The first-order valence-electron chi connectivity index (χ1n) is 8.87. The summed E-state index contributed by atoms with van der Waals surface area (Å²) in [6, 6.07) is 5.59. The van der Waals surface area contributed by atoms with Gasteiger partial charge in [0.25, 0.3) is 0 Å². The van der Waals surface area contributed by atoms with E-state index in [-0.39, 0.29) is 36.0 Å². The van der Waals surface area contributed by atoms with Crippen LogP contribution in [0, 0.1) is 0 Å². The van der Waals surface area contributed by atoms with Gasteiger partial charge in [-0.2, -0.15) is 0 Å². The first-order valence-corrected chi connectivity index (χ1v) is 10.7. The Balaban J connectivity index is 1.66. The lowest BCUT2D eigenvalue weighted by atomic mass is 10.0. The van der Waals surface area contributed by atoms with Crippen molar-refractivity contribution in [1.82, 2.24) is 10.2 Å². The van der Waals surface area contributed by atoms with E-state index in [4.69, 9.17) is 9.47 Å². The number of methoxy groups -OCH3 is 2. The summed E-state index contributed by atoms with van der Waals surface area (Å²) in [6.07, 6.45) is 2.46. The van der Waals surface area contributed by atoms with E-state index >= 15 is 0 Å². The van der Waals surface area contributed by atoms with Gasteiger partial charge in [0.1, 0.15) is 11.5 Å². The fourth-order valence-corrected chi connectivity index (χ4v) is 5.50. The van der Waals surface area contributed by atoms with Crippen LogP contribution in [0.4, 0.5) is 0 Å². The lowest BCUT2D eigenvalue weighted by molar-refractivity contribution is -0.123. The van der Waals surface area contributed by atoms with Crippen LogP contribution in [-0.4, -0.2) is 64.1 Å². The van der Waals surface area contributed by atoms with Crippen molar-refractivity contribution in [2.24, 2.45) is 0 Å². The summed E-state index contributed by atoms with van der Waals surface area (Å²) in [5.41, 5.74) is 1.04. The molecule has 0 aliphatic carbocycles. The Bertz CT molecular complexity index is 765. The van der Waals surface area contributed by atoms with E-state index in [0.29, 0.717) is 6.42 Å². The topological polar surface area (TPSA) is 84.9 Å². The van der Waals surface area contributed by atoms with Crippen LogP contribution < -0.4 is 14.8 Å². The first-order chi connectivity index (χ1) is 12.4. The Morgan fingerprint density at radius 1 is 1.27 bits per heavy atom. The molecule has 8 heteroatoms. The molecule has 2 fully saturated rings. The molecule has 3 rings (SSSR count). The highest BCUT2D eigenvalue weighted by Crippen LogP contribution is 2.38. The number of carbonyl (C=O) groups excluding carboxylic acids is 1. The van der Waals surface area contributed by atoms with Crippen LogP contribution in [0.2, 0.25) is 0 Å². The number of hydrogen-bond donors (Lipinski definition) is 1. The molecule has 1 aromatic rings. The van der Waals surface area contributed by atoms with Crippen LogP contribution >= 0.6 is 0 Å². The van der Waals surface area contributed by atoms with Gasteiger partial charge in [-0.15, -0.1) is 0 Å². The quantitative estimate of drug-likeness (QED) is 0.794. The molecule has 2 aliphatic heterocycles. The van der Waals surface area contributed by atoms with Crippen molar-refractivity contribution >= 4 is 15.7 Å². The zero-order chi connectivity index (χ0) is 18.7. The van der Waals surface area contributed by atoms with Crippen LogP contribution in [0.15, 0.2) is 18.2 Å². The standard InChI is InChI=1S/C18H26N2O5S/c1-24-14-5-6-15(17(10-14)25-2)16-4-3-8-20(16)11-18(21)19-13-7-9-26(22,23)12-13/h5-6,10,13,16H,3-4,7-9,11-12H2,1-2H3,(H,19,21). The van der Waals surface area contributed by atoms with Crippen LogP contribution in [0.3, 0.4) is 0 Å². The lowest BCUT2D eigenvalue weighted by Crippen LogP contribution is -2.42. The van der Waals surface area contributed by atoms with Crippen molar-refractivity contribution < 1.29 is 22.7 Å². The van der Waals surface area contributed by atoms with E-state index < -0.39 is 9.84 Å². The fourth-order valence-electron chi connectivity index (χ4n) is 3.83. The number of nitrogens with zero attached hydrogens (tertiary/aromatic N) is 1. The van der Waals surface area contributed by atoms with Crippen LogP contribution in [0.25, 0.3) is 0 Å². The maximum atomic E-state index is 12.4. The molecule has 144 valence electrons. The Hall–Kier alpha value is -1.80. The lowest BCUT2D eigenvalue weighted by Gasteiger charge is -2.26. The average molecular weight is 382 g/mol. The number of amides is 1. The molecule has 0 radical (unpaired) electrons. The predicted octanol–water partition coefficient (Wildman–Crippen LogP) is 1.14. The van der Waals surface area contributed by atoms with Gasteiger partial charge in [-0.1, -0.05) is 6.07 Å². The summed E-state index contributed by atoms with van der Waals surface area (Å²) >= 11 is 0. The number of rotatable bonds is 6. The molecule has 1 aromatic carbocycles. The number of ether oxygens (including phenoxy) is 2. The molecule has 1 N–H and O–H groups in total. The van der Waals surface area contributed by atoms with Gasteiger partial charge in [-0.05, 0) is 31.9 Å². The second kappa shape index (κ2) is 7.84. The Kier molecular flexibility index (Phi) is 5.72. The Labute approximate surface area is 154 Å². The molecule has 2 heterocycles. The third-order valence-corrected chi connectivity index (χ3v) is 6.88. The normalized spacial score (nSPS) is 25.2. The average Bonchev–Trinajstić information content (AvgIpc) is 3.20. The zero-order valence-corrected chi connectivity index (χ0v) is 16.0. The molecule has 0 spiro atoms. The minimum absolute atomic E-state index is 0.0501. The summed E-state index contributed by atoms with van der Waals surface area (Å²) in [7, 11) is 0.250. The maximum Gasteiger partial charge on any atom is 0.234 e. The van der Waals surface area contributed by atoms with E-state index in [1.165, 1.54) is 0 Å². The van der Waals surface area contributed by atoms with E-state index in [9.17, 15) is 13.2 Å². The van der Waals surface area contributed by atoms with Crippen LogP contribution in [-0.2, 0) is 14.6 Å². The number of hydrogen-bond acceptors (Lipinski definition) is 6. The Morgan fingerprint density at radius 3 is 2.73 bits per heavy atom. The molecule has 2 atom stereocenters. The number of sulfone groups is 1. The summed E-state index contributed by atoms with van der Waals surface area (Å²) in [5, 5.41) is 2.87. The molecule has 0 saturated carbocycles. The highest BCUT2D eigenvalue weighted by Gasteiger charge is 2.32. The maximum absolute atomic E-state index is 12.4. The number of benzene rings is 1. The first kappa shape index (κ1) is 19.0. The minimum atomic E-state index is -2.99. The summed E-state index contributed by atoms with van der Waals surface area (Å²) in [5.74, 6) is 1.58. The van der Waals surface area contributed by atoms with E-state index in [0.717, 1.165) is 36.4 Å². The third-order valence-electron chi connectivity index (χ3n) is 5.11. The van der Waals surface area contributed by atoms with Gasteiger partial charge in [0.15, 0.2) is 9.84 Å². The van der Waals surface area contributed by atoms with Crippen LogP contribution in [0.1, 0.15) is 30.9 Å². The predicted molar refractivity (Wildman–Crippen MR) is 98.3 cm³/mol. The molecular formula is C18H26N2O5S. The third kappa shape index (κ3) is 4.29. The van der Waals surface area contributed by atoms with Gasteiger partial charge in [-0.25, -0.2) is 8.42 Å². The molecule has 2 saturated heterocycles. The monoisotopic (exact) mass is 382 g/mol. The fraction of sp³-hybridized carbons (Fsp3) is 0.611. The second-order valence-corrected chi connectivity index (χ2v) is 9.13. The Morgan fingerprint density at radius 2 is 2.08 bits per heavy atom. The van der Waals surface area contributed by atoms with Crippen molar-refractivity contribution in [3.05, 3.63) is 23.8 Å². The molecule has 1 amide bonds. The van der Waals surface area contributed by atoms with E-state index in [1.807, 2.05) is 18.2 Å². The number of carbonyl (C=O) groups is 1.